The monoisotopic (exact) mass is 432 g/mol. The van der Waals surface area contributed by atoms with Crippen LogP contribution in [0.2, 0.25) is 0 Å². The zero-order valence-electron chi connectivity index (χ0n) is 20.0. The summed E-state index contributed by atoms with van der Waals surface area (Å²) in [5.41, 5.74) is 2.76. The molecule has 0 radical (unpaired) electrons. The number of allylic oxidation sites excluding steroid dienone is 4. The quantitative estimate of drug-likeness (QED) is 0.491. The molecular weight excluding hydrogens is 388 g/mol. The van der Waals surface area contributed by atoms with Crippen LogP contribution in [0, 0.1) is 23.2 Å². The van der Waals surface area contributed by atoms with E-state index in [2.05, 4.69) is 25.7 Å². The molecule has 3 saturated carbocycles. The molecule has 0 aliphatic heterocycles. The fourth-order valence-electron chi connectivity index (χ4n) is 6.79. The van der Waals surface area contributed by atoms with Crippen LogP contribution in [0.4, 0.5) is 0 Å². The molecule has 3 rings (SSSR count). The van der Waals surface area contributed by atoms with Crippen LogP contribution in [-0.2, 0) is 0 Å². The van der Waals surface area contributed by atoms with Gasteiger partial charge in [-0.05, 0) is 87.0 Å². The molecule has 7 unspecified atom stereocenters. The summed E-state index contributed by atoms with van der Waals surface area (Å²) in [5.74, 6) is 0.494. The van der Waals surface area contributed by atoms with Crippen LogP contribution in [0.3, 0.4) is 0 Å². The third-order valence-corrected chi connectivity index (χ3v) is 8.60. The summed E-state index contributed by atoms with van der Waals surface area (Å²) in [5, 5.41) is 42.3. The molecule has 3 aliphatic carbocycles. The molecule has 7 atom stereocenters. The smallest absolute Gasteiger partial charge is 0.0829 e. The Morgan fingerprint density at radius 1 is 1.16 bits per heavy atom. The Kier molecular flexibility index (Phi) is 7.57. The van der Waals surface area contributed by atoms with Gasteiger partial charge in [-0.2, -0.15) is 0 Å². The van der Waals surface area contributed by atoms with Gasteiger partial charge in [0, 0.05) is 6.42 Å². The van der Waals surface area contributed by atoms with E-state index in [1.807, 2.05) is 20.8 Å². The molecule has 4 N–H and O–H groups in total. The second-order valence-corrected chi connectivity index (χ2v) is 11.3. The maximum atomic E-state index is 11.5. The minimum atomic E-state index is -1.01. The van der Waals surface area contributed by atoms with Gasteiger partial charge < -0.3 is 20.4 Å². The highest BCUT2D eigenvalue weighted by atomic mass is 16.3. The van der Waals surface area contributed by atoms with E-state index in [-0.39, 0.29) is 29.8 Å². The van der Waals surface area contributed by atoms with Crippen LogP contribution < -0.4 is 0 Å². The Labute approximate surface area is 188 Å². The zero-order chi connectivity index (χ0) is 23.0. The Hall–Kier alpha value is -0.940. The van der Waals surface area contributed by atoms with Crippen molar-refractivity contribution in [3.63, 3.8) is 0 Å². The maximum Gasteiger partial charge on any atom is 0.0829 e. The maximum absolute atomic E-state index is 11.5. The molecule has 0 heterocycles. The van der Waals surface area contributed by atoms with E-state index in [1.54, 1.807) is 0 Å². The SMILES string of the molecule is C=C1CCC(O)CC1=CC=C1CCCC2(C)C1CCC2C(C)(O)CC(O)C(O)C(C)C. The first-order valence-corrected chi connectivity index (χ1v) is 12.3. The average molecular weight is 433 g/mol. The standard InChI is InChI=1S/C27H44O4/c1-17(2)25(30)23(29)16-27(5,31)24-13-12-22-19(7-6-14-26(22,24)4)9-10-20-15-21(28)11-8-18(20)3/h9-10,17,21-25,28-31H,3,6-8,11-16H2,1-2,4-5H3. The number of aliphatic hydroxyl groups is 4. The minimum Gasteiger partial charge on any atom is -0.393 e. The molecule has 0 spiro atoms. The van der Waals surface area contributed by atoms with Gasteiger partial charge in [0.2, 0.25) is 0 Å². The Bertz CT molecular complexity index is 719. The van der Waals surface area contributed by atoms with E-state index in [0.29, 0.717) is 12.3 Å². The molecular formula is C27H44O4. The largest absolute Gasteiger partial charge is 0.393 e. The van der Waals surface area contributed by atoms with Crippen LogP contribution in [-0.4, -0.2) is 44.3 Å². The topological polar surface area (TPSA) is 80.9 Å². The average Bonchev–Trinajstić information content (AvgIpc) is 3.06. The fourth-order valence-corrected chi connectivity index (χ4v) is 6.79. The Balaban J connectivity index is 1.78. The molecule has 0 saturated heterocycles. The van der Waals surface area contributed by atoms with Crippen LogP contribution >= 0.6 is 0 Å². The van der Waals surface area contributed by atoms with Gasteiger partial charge in [0.25, 0.3) is 0 Å². The molecule has 3 fully saturated rings. The van der Waals surface area contributed by atoms with Crippen molar-refractivity contribution in [1.82, 2.24) is 0 Å². The first kappa shape index (κ1) is 24.7. The summed E-state index contributed by atoms with van der Waals surface area (Å²) in [4.78, 5) is 0. The van der Waals surface area contributed by atoms with Crippen LogP contribution in [0.1, 0.15) is 85.5 Å². The van der Waals surface area contributed by atoms with Gasteiger partial charge in [0.15, 0.2) is 0 Å². The summed E-state index contributed by atoms with van der Waals surface area (Å²) >= 11 is 0. The normalized spacial score (nSPS) is 38.4. The van der Waals surface area contributed by atoms with Gasteiger partial charge in [-0.25, -0.2) is 0 Å². The van der Waals surface area contributed by atoms with Crippen molar-refractivity contribution in [1.29, 1.82) is 0 Å². The van der Waals surface area contributed by atoms with Crippen LogP contribution in [0.25, 0.3) is 0 Å². The van der Waals surface area contributed by atoms with Crippen molar-refractivity contribution in [2.75, 3.05) is 0 Å². The van der Waals surface area contributed by atoms with Crippen molar-refractivity contribution in [3.8, 4) is 0 Å². The van der Waals surface area contributed by atoms with Crippen molar-refractivity contribution >= 4 is 0 Å². The lowest BCUT2D eigenvalue weighted by atomic mass is 9.59. The van der Waals surface area contributed by atoms with Gasteiger partial charge in [0.1, 0.15) is 0 Å². The highest BCUT2D eigenvalue weighted by Crippen LogP contribution is 2.60. The second-order valence-electron chi connectivity index (χ2n) is 11.3. The lowest BCUT2D eigenvalue weighted by molar-refractivity contribution is -0.109. The van der Waals surface area contributed by atoms with Gasteiger partial charge in [-0.1, -0.05) is 50.6 Å². The van der Waals surface area contributed by atoms with Gasteiger partial charge in [-0.3, -0.25) is 0 Å². The van der Waals surface area contributed by atoms with E-state index in [0.717, 1.165) is 50.5 Å². The minimum absolute atomic E-state index is 0.00230. The number of hydrogen-bond donors (Lipinski definition) is 4. The lowest BCUT2D eigenvalue weighted by Crippen LogP contribution is -2.48. The summed E-state index contributed by atoms with van der Waals surface area (Å²) in [6.07, 6.45) is 10.3. The second kappa shape index (κ2) is 9.51. The predicted molar refractivity (Wildman–Crippen MR) is 125 cm³/mol. The third-order valence-electron chi connectivity index (χ3n) is 8.60. The molecule has 4 heteroatoms. The first-order valence-electron chi connectivity index (χ1n) is 12.3. The van der Waals surface area contributed by atoms with E-state index < -0.39 is 17.8 Å². The molecule has 0 amide bonds. The van der Waals surface area contributed by atoms with Crippen molar-refractivity contribution in [2.45, 2.75) is 109 Å². The van der Waals surface area contributed by atoms with Crippen LogP contribution in [0.5, 0.6) is 0 Å². The summed E-state index contributed by atoms with van der Waals surface area (Å²) in [6.45, 7) is 12.1. The van der Waals surface area contributed by atoms with E-state index in [4.69, 9.17) is 0 Å². The highest BCUT2D eigenvalue weighted by molar-refractivity contribution is 5.36. The van der Waals surface area contributed by atoms with Crippen molar-refractivity contribution in [2.24, 2.45) is 23.2 Å². The molecule has 0 bridgehead atoms. The van der Waals surface area contributed by atoms with E-state index in [1.165, 1.54) is 11.1 Å². The Morgan fingerprint density at radius 3 is 2.55 bits per heavy atom. The number of rotatable bonds is 6. The molecule has 0 aromatic heterocycles. The predicted octanol–water partition coefficient (Wildman–Crippen LogP) is 4.68. The molecule has 0 aromatic carbocycles. The van der Waals surface area contributed by atoms with E-state index >= 15 is 0 Å². The summed E-state index contributed by atoms with van der Waals surface area (Å²) < 4.78 is 0. The zero-order valence-corrected chi connectivity index (χ0v) is 20.0. The van der Waals surface area contributed by atoms with Gasteiger partial charge in [-0.15, -0.1) is 0 Å². The fraction of sp³-hybridized carbons (Fsp3) is 0.778. The molecule has 0 aromatic rings. The summed E-state index contributed by atoms with van der Waals surface area (Å²) in [7, 11) is 0. The van der Waals surface area contributed by atoms with Gasteiger partial charge >= 0.3 is 0 Å². The molecule has 176 valence electrons. The van der Waals surface area contributed by atoms with Crippen molar-refractivity contribution < 1.29 is 20.4 Å². The third kappa shape index (κ3) is 5.19. The van der Waals surface area contributed by atoms with Crippen LogP contribution in [0.15, 0.2) is 35.5 Å². The highest BCUT2D eigenvalue weighted by Gasteiger charge is 2.55. The number of hydrogen-bond acceptors (Lipinski definition) is 4. The van der Waals surface area contributed by atoms with Gasteiger partial charge in [0.05, 0.1) is 23.9 Å². The number of fused-ring (bicyclic) bond motifs is 1. The van der Waals surface area contributed by atoms with E-state index in [9.17, 15) is 20.4 Å². The first-order chi connectivity index (χ1) is 14.5. The molecule has 31 heavy (non-hydrogen) atoms. The van der Waals surface area contributed by atoms with Crippen molar-refractivity contribution in [3.05, 3.63) is 35.5 Å². The Morgan fingerprint density at radius 2 is 1.87 bits per heavy atom. The molecule has 4 nitrogen and oxygen atoms in total. The summed E-state index contributed by atoms with van der Waals surface area (Å²) in [6, 6.07) is 0. The number of aliphatic hydroxyl groups excluding tert-OH is 3. The lowest BCUT2D eigenvalue weighted by Gasteiger charge is -2.48. The molecule has 3 aliphatic rings.